The molecule has 4 heteroatoms. The van der Waals surface area contributed by atoms with Crippen molar-refractivity contribution in [3.05, 3.63) is 66.0 Å². The number of benzene rings is 1. The molecule has 3 rings (SSSR count). The average molecular weight is 295 g/mol. The van der Waals surface area contributed by atoms with Crippen molar-refractivity contribution >= 4 is 5.91 Å². The Morgan fingerprint density at radius 2 is 1.91 bits per heavy atom. The van der Waals surface area contributed by atoms with Crippen LogP contribution in [0.1, 0.15) is 35.9 Å². The van der Waals surface area contributed by atoms with Crippen molar-refractivity contribution in [1.29, 1.82) is 0 Å². The third-order valence-corrected chi connectivity index (χ3v) is 4.21. The second kappa shape index (κ2) is 5.89. The van der Waals surface area contributed by atoms with Gasteiger partial charge in [-0.2, -0.15) is 0 Å². The van der Waals surface area contributed by atoms with E-state index in [1.54, 1.807) is 12.3 Å². The molecule has 4 nitrogen and oxygen atoms in total. The Kier molecular flexibility index (Phi) is 3.94. The number of hydrogen-bond acceptors (Lipinski definition) is 3. The van der Waals surface area contributed by atoms with Crippen molar-refractivity contribution in [2.45, 2.75) is 25.4 Å². The summed E-state index contributed by atoms with van der Waals surface area (Å²) in [6.07, 6.45) is 1.66. The fourth-order valence-electron chi connectivity index (χ4n) is 2.86. The predicted octanol–water partition coefficient (Wildman–Crippen LogP) is 2.65. The van der Waals surface area contributed by atoms with E-state index in [0.717, 1.165) is 6.54 Å². The molecular weight excluding hydrogens is 274 g/mol. The standard InChI is InChI=1S/C18H21N3O/c1-18(2)13-20-16(14-8-4-3-5-9-14)12-21(18)17(22)15-10-6-7-11-19-15/h3-11,16,20H,12-13H2,1-2H3. The highest BCUT2D eigenvalue weighted by molar-refractivity contribution is 5.92. The molecule has 1 aromatic carbocycles. The van der Waals surface area contributed by atoms with Crippen LogP contribution in [-0.2, 0) is 0 Å². The van der Waals surface area contributed by atoms with Crippen LogP contribution in [0.3, 0.4) is 0 Å². The van der Waals surface area contributed by atoms with E-state index in [4.69, 9.17) is 0 Å². The molecule has 1 aromatic heterocycles. The molecule has 1 aliphatic rings. The number of nitrogens with zero attached hydrogens (tertiary/aromatic N) is 2. The van der Waals surface area contributed by atoms with Gasteiger partial charge in [0, 0.05) is 25.3 Å². The maximum atomic E-state index is 12.8. The highest BCUT2D eigenvalue weighted by Gasteiger charge is 2.38. The fourth-order valence-corrected chi connectivity index (χ4v) is 2.86. The number of nitrogens with one attached hydrogen (secondary N) is 1. The molecule has 0 saturated carbocycles. The topological polar surface area (TPSA) is 45.2 Å². The number of carbonyl (C=O) groups is 1. The third kappa shape index (κ3) is 2.88. The number of rotatable bonds is 2. The number of pyridine rings is 1. The Bertz CT molecular complexity index is 640. The van der Waals surface area contributed by atoms with Crippen LogP contribution in [0.15, 0.2) is 54.7 Å². The molecule has 0 aliphatic carbocycles. The number of amides is 1. The maximum Gasteiger partial charge on any atom is 0.272 e. The Morgan fingerprint density at radius 1 is 1.18 bits per heavy atom. The lowest BCUT2D eigenvalue weighted by atomic mass is 9.94. The van der Waals surface area contributed by atoms with E-state index in [1.807, 2.05) is 35.2 Å². The lowest BCUT2D eigenvalue weighted by Crippen LogP contribution is -2.60. The van der Waals surface area contributed by atoms with Gasteiger partial charge in [0.25, 0.3) is 5.91 Å². The zero-order valence-electron chi connectivity index (χ0n) is 13.0. The second-order valence-electron chi connectivity index (χ2n) is 6.29. The van der Waals surface area contributed by atoms with E-state index in [1.165, 1.54) is 5.56 Å². The summed E-state index contributed by atoms with van der Waals surface area (Å²) in [4.78, 5) is 19.0. The van der Waals surface area contributed by atoms with Crippen molar-refractivity contribution < 1.29 is 4.79 Å². The molecule has 0 spiro atoms. The maximum absolute atomic E-state index is 12.8. The summed E-state index contributed by atoms with van der Waals surface area (Å²) >= 11 is 0. The van der Waals surface area contributed by atoms with Gasteiger partial charge in [0.2, 0.25) is 0 Å². The van der Waals surface area contributed by atoms with Crippen LogP contribution in [0, 0.1) is 0 Å². The molecule has 0 radical (unpaired) electrons. The van der Waals surface area contributed by atoms with Gasteiger partial charge in [0.05, 0.1) is 5.54 Å². The van der Waals surface area contributed by atoms with Crippen LogP contribution >= 0.6 is 0 Å². The number of carbonyl (C=O) groups excluding carboxylic acids is 1. The first-order chi connectivity index (χ1) is 10.6. The summed E-state index contributed by atoms with van der Waals surface area (Å²) in [5.74, 6) is -0.00645. The summed E-state index contributed by atoms with van der Waals surface area (Å²) in [5.41, 5.74) is 1.47. The second-order valence-corrected chi connectivity index (χ2v) is 6.29. The smallest absolute Gasteiger partial charge is 0.272 e. The van der Waals surface area contributed by atoms with Crippen LogP contribution in [0.4, 0.5) is 0 Å². The Balaban J connectivity index is 1.86. The van der Waals surface area contributed by atoms with Crippen molar-refractivity contribution in [3.8, 4) is 0 Å². The van der Waals surface area contributed by atoms with E-state index in [0.29, 0.717) is 12.2 Å². The van der Waals surface area contributed by atoms with Crippen molar-refractivity contribution in [2.75, 3.05) is 13.1 Å². The molecule has 1 aliphatic heterocycles. The SMILES string of the molecule is CC1(C)CNC(c2ccccc2)CN1C(=O)c1ccccn1. The zero-order chi connectivity index (χ0) is 15.6. The number of piperazine rings is 1. The first-order valence-corrected chi connectivity index (χ1v) is 7.59. The first-order valence-electron chi connectivity index (χ1n) is 7.59. The fraction of sp³-hybridized carbons (Fsp3) is 0.333. The highest BCUT2D eigenvalue weighted by Crippen LogP contribution is 2.27. The minimum absolute atomic E-state index is 0.00645. The van der Waals surface area contributed by atoms with E-state index in [2.05, 4.69) is 36.3 Å². The number of aromatic nitrogens is 1. The van der Waals surface area contributed by atoms with E-state index < -0.39 is 0 Å². The van der Waals surface area contributed by atoms with Gasteiger partial charge < -0.3 is 10.2 Å². The zero-order valence-corrected chi connectivity index (χ0v) is 13.0. The molecule has 2 heterocycles. The van der Waals surface area contributed by atoms with Crippen molar-refractivity contribution in [1.82, 2.24) is 15.2 Å². The molecule has 22 heavy (non-hydrogen) atoms. The molecular formula is C18H21N3O. The van der Waals surface area contributed by atoms with Gasteiger partial charge in [-0.3, -0.25) is 9.78 Å². The Hall–Kier alpha value is -2.20. The van der Waals surface area contributed by atoms with Gasteiger partial charge in [-0.05, 0) is 31.5 Å². The highest BCUT2D eigenvalue weighted by atomic mass is 16.2. The summed E-state index contributed by atoms with van der Waals surface area (Å²) in [5, 5.41) is 3.55. The van der Waals surface area contributed by atoms with Crippen LogP contribution in [-0.4, -0.2) is 34.4 Å². The van der Waals surface area contributed by atoms with Gasteiger partial charge in [-0.1, -0.05) is 36.4 Å². The van der Waals surface area contributed by atoms with Crippen molar-refractivity contribution in [3.63, 3.8) is 0 Å². The largest absolute Gasteiger partial charge is 0.329 e. The van der Waals surface area contributed by atoms with Gasteiger partial charge >= 0.3 is 0 Å². The molecule has 114 valence electrons. The van der Waals surface area contributed by atoms with Crippen LogP contribution in [0.25, 0.3) is 0 Å². The van der Waals surface area contributed by atoms with Crippen LogP contribution in [0.5, 0.6) is 0 Å². The van der Waals surface area contributed by atoms with Gasteiger partial charge in [0.1, 0.15) is 5.69 Å². The summed E-state index contributed by atoms with van der Waals surface area (Å²) in [6, 6.07) is 15.9. The normalized spacial score (nSPS) is 20.6. The monoisotopic (exact) mass is 295 g/mol. The summed E-state index contributed by atoms with van der Waals surface area (Å²) < 4.78 is 0. The predicted molar refractivity (Wildman–Crippen MR) is 86.5 cm³/mol. The lowest BCUT2D eigenvalue weighted by Gasteiger charge is -2.46. The minimum Gasteiger partial charge on any atom is -0.329 e. The molecule has 0 bridgehead atoms. The van der Waals surface area contributed by atoms with Gasteiger partial charge in [0.15, 0.2) is 0 Å². The molecule has 1 N–H and O–H groups in total. The van der Waals surface area contributed by atoms with E-state index >= 15 is 0 Å². The number of hydrogen-bond donors (Lipinski definition) is 1. The quantitative estimate of drug-likeness (QED) is 0.926. The molecule has 1 amide bonds. The Morgan fingerprint density at radius 3 is 2.59 bits per heavy atom. The molecule has 1 fully saturated rings. The van der Waals surface area contributed by atoms with Crippen LogP contribution in [0.2, 0.25) is 0 Å². The minimum atomic E-state index is -0.236. The third-order valence-electron chi connectivity index (χ3n) is 4.21. The molecule has 2 aromatic rings. The van der Waals surface area contributed by atoms with E-state index in [9.17, 15) is 4.79 Å². The van der Waals surface area contributed by atoms with Gasteiger partial charge in [-0.15, -0.1) is 0 Å². The average Bonchev–Trinajstić information content (AvgIpc) is 2.56. The molecule has 1 saturated heterocycles. The summed E-state index contributed by atoms with van der Waals surface area (Å²) in [7, 11) is 0. The van der Waals surface area contributed by atoms with Gasteiger partial charge in [-0.25, -0.2) is 0 Å². The first kappa shape index (κ1) is 14.7. The van der Waals surface area contributed by atoms with Crippen LogP contribution < -0.4 is 5.32 Å². The Labute approximate surface area is 131 Å². The molecule has 1 atom stereocenters. The van der Waals surface area contributed by atoms with Crippen molar-refractivity contribution in [2.24, 2.45) is 0 Å². The van der Waals surface area contributed by atoms with E-state index in [-0.39, 0.29) is 17.5 Å². The summed E-state index contributed by atoms with van der Waals surface area (Å²) in [6.45, 7) is 5.57. The molecule has 1 unspecified atom stereocenters. The lowest BCUT2D eigenvalue weighted by molar-refractivity contribution is 0.0389.